The molecule has 0 aromatic heterocycles. The largest absolute Gasteiger partial charge is 0.480 e. The van der Waals surface area contributed by atoms with Gasteiger partial charge in [0, 0.05) is 12.8 Å². The van der Waals surface area contributed by atoms with Crippen LogP contribution in [0.3, 0.4) is 0 Å². The number of aliphatic carboxylic acids is 1. The molecule has 0 rings (SSSR count). The first-order valence-corrected chi connectivity index (χ1v) is 20.5. The smallest absolute Gasteiger partial charge is 0.322 e. The molecule has 6 nitrogen and oxygen atoms in total. The molecule has 0 aliphatic rings. The molecule has 0 saturated carbocycles. The van der Waals surface area contributed by atoms with Crippen LogP contribution in [-0.2, 0) is 19.1 Å². The Hall–Kier alpha value is -2.11. The van der Waals surface area contributed by atoms with Gasteiger partial charge < -0.3 is 15.2 Å². The highest BCUT2D eigenvalue weighted by Gasteiger charge is 2.12. The fourth-order valence-electron chi connectivity index (χ4n) is 6.01. The summed E-state index contributed by atoms with van der Waals surface area (Å²) in [4.78, 5) is 34.8. The van der Waals surface area contributed by atoms with Crippen molar-refractivity contribution in [3.63, 3.8) is 0 Å². The maximum atomic E-state index is 12.6. The quantitative estimate of drug-likeness (QED) is 0.0388. The van der Waals surface area contributed by atoms with Gasteiger partial charge in [-0.2, -0.15) is 0 Å². The normalized spacial score (nSPS) is 12.2. The molecule has 48 heavy (non-hydrogen) atoms. The SMILES string of the molecule is CCCCCC/C=C\C(CCCCCCC(=O)NCC(=O)O)OC(=O)CCCCCCCCCCC/C=C\CCCCCCCCCC. The number of hydrogen-bond acceptors (Lipinski definition) is 4. The Bertz CT molecular complexity index is 793. The number of carboxylic acids is 1. The third kappa shape index (κ3) is 36.7. The summed E-state index contributed by atoms with van der Waals surface area (Å²) in [5.74, 6) is -1.33. The minimum absolute atomic E-state index is 0.0856. The van der Waals surface area contributed by atoms with Crippen molar-refractivity contribution in [1.82, 2.24) is 5.32 Å². The zero-order valence-corrected chi connectivity index (χ0v) is 31.6. The van der Waals surface area contributed by atoms with Gasteiger partial charge in [0.25, 0.3) is 0 Å². The van der Waals surface area contributed by atoms with Crippen LogP contribution in [-0.4, -0.2) is 35.6 Å². The molecule has 280 valence electrons. The van der Waals surface area contributed by atoms with Crippen molar-refractivity contribution < 1.29 is 24.2 Å². The second-order valence-corrected chi connectivity index (χ2v) is 13.9. The molecule has 1 unspecified atom stereocenters. The third-order valence-corrected chi connectivity index (χ3v) is 9.08. The number of allylic oxidation sites excluding steroid dienone is 3. The number of carbonyl (C=O) groups is 3. The van der Waals surface area contributed by atoms with Crippen molar-refractivity contribution in [3.8, 4) is 0 Å². The van der Waals surface area contributed by atoms with Crippen molar-refractivity contribution in [2.24, 2.45) is 0 Å². The van der Waals surface area contributed by atoms with Crippen molar-refractivity contribution in [3.05, 3.63) is 24.3 Å². The maximum Gasteiger partial charge on any atom is 0.322 e. The predicted octanol–water partition coefficient (Wildman–Crippen LogP) is 12.3. The highest BCUT2D eigenvalue weighted by atomic mass is 16.5. The summed E-state index contributed by atoms with van der Waals surface area (Å²) < 4.78 is 5.87. The number of amides is 1. The van der Waals surface area contributed by atoms with Crippen LogP contribution in [0.4, 0.5) is 0 Å². The average molecular weight is 676 g/mol. The van der Waals surface area contributed by atoms with Crippen molar-refractivity contribution in [2.45, 2.75) is 219 Å². The molecule has 1 amide bonds. The molecule has 2 N–H and O–H groups in total. The molecular weight excluding hydrogens is 598 g/mol. The lowest BCUT2D eigenvalue weighted by Crippen LogP contribution is -2.28. The van der Waals surface area contributed by atoms with Crippen molar-refractivity contribution in [2.75, 3.05) is 6.54 Å². The number of rotatable bonds is 37. The van der Waals surface area contributed by atoms with E-state index in [0.29, 0.717) is 12.8 Å². The monoisotopic (exact) mass is 676 g/mol. The number of nitrogens with one attached hydrogen (secondary N) is 1. The van der Waals surface area contributed by atoms with Gasteiger partial charge in [0.15, 0.2) is 0 Å². The van der Waals surface area contributed by atoms with Gasteiger partial charge in [-0.05, 0) is 70.3 Å². The Balaban J connectivity index is 3.90. The van der Waals surface area contributed by atoms with Crippen LogP contribution >= 0.6 is 0 Å². The van der Waals surface area contributed by atoms with Gasteiger partial charge in [0.1, 0.15) is 12.6 Å². The minimum atomic E-state index is -1.03. The third-order valence-electron chi connectivity index (χ3n) is 9.08. The zero-order valence-electron chi connectivity index (χ0n) is 31.6. The van der Waals surface area contributed by atoms with E-state index in [1.54, 1.807) is 0 Å². The lowest BCUT2D eigenvalue weighted by Gasteiger charge is -2.15. The Morgan fingerprint density at radius 1 is 0.542 bits per heavy atom. The lowest BCUT2D eigenvalue weighted by molar-refractivity contribution is -0.147. The van der Waals surface area contributed by atoms with Crippen molar-refractivity contribution >= 4 is 17.8 Å². The summed E-state index contributed by atoms with van der Waals surface area (Å²) in [6, 6.07) is 0. The average Bonchev–Trinajstić information content (AvgIpc) is 3.07. The molecule has 0 aromatic rings. The first kappa shape index (κ1) is 45.9. The summed E-state index contributed by atoms with van der Waals surface area (Å²) in [6.07, 6.45) is 44.8. The van der Waals surface area contributed by atoms with E-state index in [-0.39, 0.29) is 24.5 Å². The second-order valence-electron chi connectivity index (χ2n) is 13.9. The van der Waals surface area contributed by atoms with Gasteiger partial charge in [-0.25, -0.2) is 0 Å². The molecule has 0 saturated heterocycles. The van der Waals surface area contributed by atoms with Crippen LogP contribution in [0.1, 0.15) is 213 Å². The Morgan fingerprint density at radius 3 is 1.48 bits per heavy atom. The summed E-state index contributed by atoms with van der Waals surface area (Å²) >= 11 is 0. The number of carboxylic acid groups (broad SMARTS) is 1. The van der Waals surface area contributed by atoms with Crippen LogP contribution in [0.5, 0.6) is 0 Å². The Labute approximate surface area is 296 Å². The molecule has 0 aliphatic carbocycles. The predicted molar refractivity (Wildman–Crippen MR) is 203 cm³/mol. The Kier molecular flexibility index (Phi) is 36.0. The van der Waals surface area contributed by atoms with Crippen LogP contribution < -0.4 is 5.32 Å². The fourth-order valence-corrected chi connectivity index (χ4v) is 6.01. The fraction of sp³-hybridized carbons (Fsp3) is 0.833. The number of ether oxygens (including phenoxy) is 1. The Morgan fingerprint density at radius 2 is 0.958 bits per heavy atom. The van der Waals surface area contributed by atoms with E-state index >= 15 is 0 Å². The summed E-state index contributed by atoms with van der Waals surface area (Å²) in [7, 11) is 0. The maximum absolute atomic E-state index is 12.6. The van der Waals surface area contributed by atoms with Gasteiger partial charge in [0.05, 0.1) is 0 Å². The minimum Gasteiger partial charge on any atom is -0.480 e. The second kappa shape index (κ2) is 37.7. The summed E-state index contributed by atoms with van der Waals surface area (Å²) in [5.41, 5.74) is 0. The van der Waals surface area contributed by atoms with Gasteiger partial charge in [-0.3, -0.25) is 14.4 Å². The van der Waals surface area contributed by atoms with E-state index in [9.17, 15) is 14.4 Å². The number of carbonyl (C=O) groups excluding carboxylic acids is 2. The van der Waals surface area contributed by atoms with Gasteiger partial charge >= 0.3 is 11.9 Å². The van der Waals surface area contributed by atoms with E-state index in [0.717, 1.165) is 51.4 Å². The number of unbranched alkanes of at least 4 members (excludes halogenated alkanes) is 24. The highest BCUT2D eigenvalue weighted by Crippen LogP contribution is 2.16. The molecule has 1 atom stereocenters. The molecule has 0 bridgehead atoms. The first-order valence-electron chi connectivity index (χ1n) is 20.5. The molecule has 0 aromatic carbocycles. The van der Waals surface area contributed by atoms with E-state index in [2.05, 4.69) is 43.5 Å². The van der Waals surface area contributed by atoms with E-state index in [1.165, 1.54) is 135 Å². The van der Waals surface area contributed by atoms with Crippen LogP contribution in [0.2, 0.25) is 0 Å². The van der Waals surface area contributed by atoms with E-state index in [1.807, 2.05) is 0 Å². The number of hydrogen-bond donors (Lipinski definition) is 2. The topological polar surface area (TPSA) is 92.7 Å². The molecule has 0 aliphatic heterocycles. The molecule has 0 spiro atoms. The molecular formula is C42H77NO5. The van der Waals surface area contributed by atoms with Crippen molar-refractivity contribution in [1.29, 1.82) is 0 Å². The first-order chi connectivity index (χ1) is 23.5. The summed E-state index contributed by atoms with van der Waals surface area (Å²) in [5, 5.41) is 11.0. The summed E-state index contributed by atoms with van der Waals surface area (Å²) in [6.45, 7) is 4.17. The number of esters is 1. The lowest BCUT2D eigenvalue weighted by atomic mass is 10.0. The van der Waals surface area contributed by atoms with E-state index in [4.69, 9.17) is 9.84 Å². The van der Waals surface area contributed by atoms with Gasteiger partial charge in [-0.1, -0.05) is 154 Å². The van der Waals surface area contributed by atoms with Crippen LogP contribution in [0.15, 0.2) is 24.3 Å². The standard InChI is InChI=1S/C42H77NO5/c1-3-5-7-9-11-12-13-14-15-16-17-18-19-20-21-22-23-24-25-27-33-37-42(47)48-39(34-30-26-10-8-6-4-2)35-31-28-29-32-36-40(44)43-38-41(45)46/h16-17,30,34,39H,3-15,18-29,31-33,35-38H2,1-2H3,(H,43,44)(H,45,46)/b17-16-,34-30-. The van der Waals surface area contributed by atoms with Crippen LogP contribution in [0, 0.1) is 0 Å². The van der Waals surface area contributed by atoms with Crippen LogP contribution in [0.25, 0.3) is 0 Å². The molecule has 6 heteroatoms. The molecule has 0 radical (unpaired) electrons. The zero-order chi connectivity index (χ0) is 35.2. The highest BCUT2D eigenvalue weighted by molar-refractivity contribution is 5.80. The molecule has 0 fully saturated rings. The molecule has 0 heterocycles. The van der Waals surface area contributed by atoms with E-state index < -0.39 is 5.97 Å². The van der Waals surface area contributed by atoms with Gasteiger partial charge in [-0.15, -0.1) is 0 Å². The van der Waals surface area contributed by atoms with Gasteiger partial charge in [0.2, 0.25) is 5.91 Å².